The van der Waals surface area contributed by atoms with E-state index in [0.29, 0.717) is 12.2 Å². The molecule has 94 valence electrons. The van der Waals surface area contributed by atoms with Crippen LogP contribution >= 0.6 is 34.2 Å². The second-order valence-electron chi connectivity index (χ2n) is 3.91. The summed E-state index contributed by atoms with van der Waals surface area (Å²) >= 11 is 8.31. The second-order valence-corrected chi connectivity index (χ2v) is 5.39. The fourth-order valence-electron chi connectivity index (χ4n) is 1.69. The van der Waals surface area contributed by atoms with E-state index in [1.165, 1.54) is 0 Å². The molecular weight excluding hydrogens is 361 g/mol. The average molecular weight is 374 g/mol. The minimum atomic E-state index is 0.546. The zero-order valence-electron chi connectivity index (χ0n) is 9.95. The number of halogens is 2. The molecule has 0 saturated heterocycles. The lowest BCUT2D eigenvalue weighted by Gasteiger charge is -2.08. The van der Waals surface area contributed by atoms with E-state index in [-0.39, 0.29) is 0 Å². The molecular formula is C13H13ClIN3. The molecule has 0 saturated carbocycles. The van der Waals surface area contributed by atoms with E-state index in [0.717, 1.165) is 32.1 Å². The topological polar surface area (TPSA) is 51.8 Å². The Morgan fingerprint density at radius 1 is 1.28 bits per heavy atom. The van der Waals surface area contributed by atoms with Gasteiger partial charge in [-0.05, 0) is 40.6 Å². The Labute approximate surface area is 125 Å². The molecule has 5 heteroatoms. The van der Waals surface area contributed by atoms with Crippen molar-refractivity contribution in [2.24, 2.45) is 0 Å². The SMILES string of the molecule is CCc1nc(Cc2ccccc2Cl)nc(N)c1I. The molecule has 1 aromatic carbocycles. The Balaban J connectivity index is 2.36. The summed E-state index contributed by atoms with van der Waals surface area (Å²) in [5.41, 5.74) is 7.90. The van der Waals surface area contributed by atoms with Gasteiger partial charge in [0.25, 0.3) is 0 Å². The number of anilines is 1. The molecule has 0 amide bonds. The number of benzene rings is 1. The lowest BCUT2D eigenvalue weighted by atomic mass is 10.1. The Morgan fingerprint density at radius 2 is 2.00 bits per heavy atom. The number of nitrogens with two attached hydrogens (primary N) is 1. The number of nitrogens with zero attached hydrogens (tertiary/aromatic N) is 2. The van der Waals surface area contributed by atoms with Crippen molar-refractivity contribution < 1.29 is 0 Å². The molecule has 0 spiro atoms. The average Bonchev–Trinajstić information content (AvgIpc) is 2.36. The predicted molar refractivity (Wildman–Crippen MR) is 82.8 cm³/mol. The molecule has 0 aliphatic heterocycles. The summed E-state index contributed by atoms with van der Waals surface area (Å²) in [5.74, 6) is 1.27. The monoisotopic (exact) mass is 373 g/mol. The summed E-state index contributed by atoms with van der Waals surface area (Å²) in [5, 5.41) is 0.733. The van der Waals surface area contributed by atoms with E-state index in [9.17, 15) is 0 Å². The number of aryl methyl sites for hydroxylation is 1. The zero-order chi connectivity index (χ0) is 13.1. The van der Waals surface area contributed by atoms with Crippen LogP contribution in [0.5, 0.6) is 0 Å². The molecule has 1 aromatic heterocycles. The number of aromatic nitrogens is 2. The van der Waals surface area contributed by atoms with Crippen molar-refractivity contribution in [3.8, 4) is 0 Å². The van der Waals surface area contributed by atoms with Crippen LogP contribution in [0.4, 0.5) is 5.82 Å². The van der Waals surface area contributed by atoms with E-state index in [1.807, 2.05) is 24.3 Å². The third-order valence-corrected chi connectivity index (χ3v) is 4.18. The lowest BCUT2D eigenvalue weighted by Crippen LogP contribution is -2.07. The second kappa shape index (κ2) is 5.84. The fraction of sp³-hybridized carbons (Fsp3) is 0.231. The molecule has 2 rings (SSSR count). The van der Waals surface area contributed by atoms with E-state index in [4.69, 9.17) is 17.3 Å². The third kappa shape index (κ3) is 2.92. The molecule has 2 aromatic rings. The normalized spacial score (nSPS) is 10.6. The van der Waals surface area contributed by atoms with Crippen LogP contribution in [-0.4, -0.2) is 9.97 Å². The van der Waals surface area contributed by atoms with Crippen LogP contribution in [0.2, 0.25) is 5.02 Å². The maximum Gasteiger partial charge on any atom is 0.140 e. The smallest absolute Gasteiger partial charge is 0.140 e. The van der Waals surface area contributed by atoms with Crippen molar-refractivity contribution in [2.75, 3.05) is 5.73 Å². The molecule has 0 radical (unpaired) electrons. The number of rotatable bonds is 3. The highest BCUT2D eigenvalue weighted by molar-refractivity contribution is 14.1. The van der Waals surface area contributed by atoms with Crippen LogP contribution in [-0.2, 0) is 12.8 Å². The molecule has 0 unspecified atom stereocenters. The molecule has 3 nitrogen and oxygen atoms in total. The van der Waals surface area contributed by atoms with E-state index >= 15 is 0 Å². The zero-order valence-corrected chi connectivity index (χ0v) is 12.9. The van der Waals surface area contributed by atoms with Crippen molar-refractivity contribution in [1.29, 1.82) is 0 Å². The van der Waals surface area contributed by atoms with Crippen molar-refractivity contribution in [2.45, 2.75) is 19.8 Å². The molecule has 0 aliphatic carbocycles. The largest absolute Gasteiger partial charge is 0.383 e. The van der Waals surface area contributed by atoms with Crippen LogP contribution in [0.15, 0.2) is 24.3 Å². The molecule has 0 aliphatic rings. The first-order chi connectivity index (χ1) is 8.61. The van der Waals surface area contributed by atoms with Crippen LogP contribution in [0.3, 0.4) is 0 Å². The molecule has 1 heterocycles. The summed E-state index contributed by atoms with van der Waals surface area (Å²) in [4.78, 5) is 8.85. The summed E-state index contributed by atoms with van der Waals surface area (Å²) < 4.78 is 0.943. The van der Waals surface area contributed by atoms with Gasteiger partial charge in [-0.15, -0.1) is 0 Å². The first-order valence-corrected chi connectivity index (χ1v) is 7.11. The maximum absolute atomic E-state index is 6.13. The van der Waals surface area contributed by atoms with Crippen LogP contribution in [0.25, 0.3) is 0 Å². The van der Waals surface area contributed by atoms with Gasteiger partial charge >= 0.3 is 0 Å². The Hall–Kier alpha value is -0.880. The highest BCUT2D eigenvalue weighted by Crippen LogP contribution is 2.21. The van der Waals surface area contributed by atoms with Gasteiger partial charge in [0.15, 0.2) is 0 Å². The van der Waals surface area contributed by atoms with Crippen LogP contribution in [0.1, 0.15) is 24.0 Å². The standard InChI is InChI=1S/C13H13ClIN3/c1-2-10-12(15)13(16)18-11(17-10)7-8-5-3-4-6-9(8)14/h3-6H,2,7H2,1H3,(H2,16,17,18). The van der Waals surface area contributed by atoms with Gasteiger partial charge in [0.1, 0.15) is 11.6 Å². The summed E-state index contributed by atoms with van der Waals surface area (Å²) in [6.45, 7) is 2.06. The van der Waals surface area contributed by atoms with Crippen LogP contribution < -0.4 is 5.73 Å². The van der Waals surface area contributed by atoms with E-state index < -0.39 is 0 Å². The van der Waals surface area contributed by atoms with Gasteiger partial charge in [-0.1, -0.05) is 36.7 Å². The highest BCUT2D eigenvalue weighted by Gasteiger charge is 2.10. The Kier molecular flexibility index (Phi) is 4.40. The molecule has 0 bridgehead atoms. The molecule has 18 heavy (non-hydrogen) atoms. The third-order valence-electron chi connectivity index (χ3n) is 2.63. The molecule has 2 N–H and O–H groups in total. The first kappa shape index (κ1) is 13.5. The van der Waals surface area contributed by atoms with Crippen molar-refractivity contribution in [3.63, 3.8) is 0 Å². The lowest BCUT2D eigenvalue weighted by molar-refractivity contribution is 0.901. The van der Waals surface area contributed by atoms with E-state index in [1.54, 1.807) is 0 Å². The number of hydrogen-bond donors (Lipinski definition) is 1. The predicted octanol–water partition coefficient (Wildman–Crippen LogP) is 3.47. The summed E-state index contributed by atoms with van der Waals surface area (Å²) in [6, 6.07) is 7.71. The van der Waals surface area contributed by atoms with E-state index in [2.05, 4.69) is 39.5 Å². The van der Waals surface area contributed by atoms with Crippen molar-refractivity contribution in [3.05, 3.63) is 49.9 Å². The Morgan fingerprint density at radius 3 is 2.67 bits per heavy atom. The maximum atomic E-state index is 6.13. The quantitative estimate of drug-likeness (QED) is 0.838. The van der Waals surface area contributed by atoms with Gasteiger partial charge in [-0.2, -0.15) is 0 Å². The highest BCUT2D eigenvalue weighted by atomic mass is 127. The van der Waals surface area contributed by atoms with Gasteiger partial charge in [-0.25, -0.2) is 9.97 Å². The fourth-order valence-corrected chi connectivity index (χ4v) is 2.52. The number of hydrogen-bond acceptors (Lipinski definition) is 3. The Bertz CT molecular complexity index is 572. The summed E-state index contributed by atoms with van der Waals surface area (Å²) in [6.07, 6.45) is 1.45. The van der Waals surface area contributed by atoms with Gasteiger partial charge in [-0.3, -0.25) is 0 Å². The van der Waals surface area contributed by atoms with Gasteiger partial charge in [0, 0.05) is 11.4 Å². The minimum absolute atomic E-state index is 0.546. The van der Waals surface area contributed by atoms with Gasteiger partial charge in [0.05, 0.1) is 9.26 Å². The first-order valence-electron chi connectivity index (χ1n) is 5.66. The van der Waals surface area contributed by atoms with Gasteiger partial charge < -0.3 is 5.73 Å². The molecule has 0 atom stereocenters. The minimum Gasteiger partial charge on any atom is -0.383 e. The molecule has 0 fully saturated rings. The van der Waals surface area contributed by atoms with Gasteiger partial charge in [0.2, 0.25) is 0 Å². The number of nitrogen functional groups attached to an aromatic ring is 1. The summed E-state index contributed by atoms with van der Waals surface area (Å²) in [7, 11) is 0. The van der Waals surface area contributed by atoms with Crippen molar-refractivity contribution in [1.82, 2.24) is 9.97 Å². The van der Waals surface area contributed by atoms with Crippen LogP contribution in [0, 0.1) is 3.57 Å². The van der Waals surface area contributed by atoms with Crippen molar-refractivity contribution >= 4 is 40.0 Å².